The summed E-state index contributed by atoms with van der Waals surface area (Å²) in [5.41, 5.74) is 2.88. The average molecular weight is 574 g/mol. The Kier molecular flexibility index (Phi) is 7.88. The van der Waals surface area contributed by atoms with Crippen molar-refractivity contribution in [2.45, 2.75) is 57.0 Å². The molecule has 1 saturated carbocycles. The van der Waals surface area contributed by atoms with Crippen LogP contribution in [-0.4, -0.2) is 46.7 Å². The van der Waals surface area contributed by atoms with Gasteiger partial charge in [-0.05, 0) is 73.2 Å². The number of aryl methyl sites for hydroxylation is 1. The number of rotatable bonds is 5. The Morgan fingerprint density at radius 3 is 2.05 bits per heavy atom. The van der Waals surface area contributed by atoms with Crippen LogP contribution in [0.3, 0.4) is 0 Å². The highest BCUT2D eigenvalue weighted by molar-refractivity contribution is 6.34. The molecule has 1 saturated heterocycles. The van der Waals surface area contributed by atoms with Gasteiger partial charge in [-0.25, -0.2) is 4.39 Å². The normalized spacial score (nSPS) is 19.9. The van der Waals surface area contributed by atoms with E-state index in [1.165, 1.54) is 28.0 Å². The third-order valence-corrected chi connectivity index (χ3v) is 7.33. The molecule has 2 aliphatic rings. The number of halogens is 7. The summed E-state index contributed by atoms with van der Waals surface area (Å²) in [5.74, 6) is -4.75. The van der Waals surface area contributed by atoms with Crippen LogP contribution in [0.4, 0.5) is 30.7 Å². The Morgan fingerprint density at radius 2 is 1.55 bits per heavy atom. The van der Waals surface area contributed by atoms with Crippen molar-refractivity contribution < 1.29 is 45.1 Å². The maximum Gasteiger partial charge on any atom is 0.416 e. The van der Waals surface area contributed by atoms with Gasteiger partial charge in [-0.3, -0.25) is 14.4 Å². The highest BCUT2D eigenvalue weighted by Gasteiger charge is 2.44. The summed E-state index contributed by atoms with van der Waals surface area (Å²) in [6, 6.07) is 4.74. The molecule has 0 aromatic heterocycles. The molecule has 216 valence electrons. The third-order valence-electron chi connectivity index (χ3n) is 7.33. The molecule has 3 amide bonds. The Morgan fingerprint density at radius 1 is 0.950 bits per heavy atom. The third kappa shape index (κ3) is 6.39. The molecule has 13 heteroatoms. The molecule has 1 aliphatic carbocycles. The van der Waals surface area contributed by atoms with Gasteiger partial charge in [-0.15, -0.1) is 0 Å². The molecule has 2 aromatic carbocycles. The van der Waals surface area contributed by atoms with Crippen LogP contribution in [0.2, 0.25) is 0 Å². The van der Waals surface area contributed by atoms with Gasteiger partial charge in [0.25, 0.3) is 0 Å². The average Bonchev–Trinajstić information content (AvgIpc) is 3.70. The SMILES string of the molecule is Cc1cc(F)ccc1[C@@H]1CN(C(=O)C(N)=O)CC[C@H]1C(=O)N(Cc1cc(C(F)(F)F)cc(C(F)(F)F)c1)C1CC1. The number of likely N-dealkylation sites (tertiary alicyclic amines) is 1. The van der Waals surface area contributed by atoms with E-state index in [9.17, 15) is 45.1 Å². The number of alkyl halides is 6. The summed E-state index contributed by atoms with van der Waals surface area (Å²) in [4.78, 5) is 40.2. The van der Waals surface area contributed by atoms with Gasteiger partial charge in [-0.2, -0.15) is 26.3 Å². The van der Waals surface area contributed by atoms with Crippen LogP contribution in [0.15, 0.2) is 36.4 Å². The number of hydrogen-bond donors (Lipinski definition) is 1. The molecular weight excluding hydrogens is 547 g/mol. The highest BCUT2D eigenvalue weighted by atomic mass is 19.4. The van der Waals surface area contributed by atoms with Crippen molar-refractivity contribution in [2.24, 2.45) is 11.7 Å². The Hall–Kier alpha value is -3.64. The number of carbonyl (C=O) groups is 3. The van der Waals surface area contributed by atoms with Crippen molar-refractivity contribution in [3.63, 3.8) is 0 Å². The van der Waals surface area contributed by atoms with E-state index in [1.54, 1.807) is 6.92 Å². The number of benzene rings is 2. The zero-order valence-electron chi connectivity index (χ0n) is 21.3. The maximum absolute atomic E-state index is 13.9. The van der Waals surface area contributed by atoms with Gasteiger partial charge in [0.2, 0.25) is 5.91 Å². The fourth-order valence-corrected chi connectivity index (χ4v) is 5.25. The molecule has 6 nitrogen and oxygen atoms in total. The maximum atomic E-state index is 13.9. The number of hydrogen-bond acceptors (Lipinski definition) is 3. The first-order chi connectivity index (χ1) is 18.6. The number of carbonyl (C=O) groups excluding carboxylic acids is 3. The Bertz CT molecular complexity index is 1290. The zero-order chi connectivity index (χ0) is 29.6. The van der Waals surface area contributed by atoms with Crippen LogP contribution in [0.1, 0.15) is 53.0 Å². The van der Waals surface area contributed by atoms with Crippen molar-refractivity contribution in [1.29, 1.82) is 0 Å². The molecule has 0 spiro atoms. The first-order valence-corrected chi connectivity index (χ1v) is 12.5. The molecule has 2 N–H and O–H groups in total. The first kappa shape index (κ1) is 29.3. The van der Waals surface area contributed by atoms with Crippen LogP contribution in [0.5, 0.6) is 0 Å². The lowest BCUT2D eigenvalue weighted by Gasteiger charge is -2.40. The van der Waals surface area contributed by atoms with E-state index in [1.807, 2.05) is 0 Å². The quantitative estimate of drug-likeness (QED) is 0.413. The second-order valence-corrected chi connectivity index (χ2v) is 10.2. The summed E-state index contributed by atoms with van der Waals surface area (Å²) in [6.07, 6.45) is -8.96. The molecule has 1 heterocycles. The van der Waals surface area contributed by atoms with Gasteiger partial charge < -0.3 is 15.5 Å². The molecular formula is C27H26F7N3O3. The molecule has 2 atom stereocenters. The lowest BCUT2D eigenvalue weighted by Crippen LogP contribution is -2.51. The predicted molar refractivity (Wildman–Crippen MR) is 128 cm³/mol. The number of piperidine rings is 1. The summed E-state index contributed by atoms with van der Waals surface area (Å²) in [6.45, 7) is 1.00. The van der Waals surface area contributed by atoms with Crippen LogP contribution in [0.25, 0.3) is 0 Å². The van der Waals surface area contributed by atoms with Crippen LogP contribution < -0.4 is 5.73 Å². The van der Waals surface area contributed by atoms with Crippen molar-refractivity contribution in [1.82, 2.24) is 9.80 Å². The topological polar surface area (TPSA) is 83.7 Å². The summed E-state index contributed by atoms with van der Waals surface area (Å²) < 4.78 is 94.3. The lowest BCUT2D eigenvalue weighted by atomic mass is 9.78. The molecule has 0 unspecified atom stereocenters. The minimum Gasteiger partial charge on any atom is -0.361 e. The van der Waals surface area contributed by atoms with E-state index in [2.05, 4.69) is 0 Å². The minimum absolute atomic E-state index is 0.0186. The molecule has 40 heavy (non-hydrogen) atoms. The molecule has 0 radical (unpaired) electrons. The largest absolute Gasteiger partial charge is 0.416 e. The Labute approximate surface area is 224 Å². The number of nitrogens with zero attached hydrogens (tertiary/aromatic N) is 2. The van der Waals surface area contributed by atoms with Gasteiger partial charge in [0.05, 0.1) is 11.1 Å². The zero-order valence-corrected chi connectivity index (χ0v) is 21.3. The lowest BCUT2D eigenvalue weighted by molar-refractivity contribution is -0.147. The minimum atomic E-state index is -5.03. The van der Waals surface area contributed by atoms with E-state index in [0.29, 0.717) is 36.1 Å². The summed E-state index contributed by atoms with van der Waals surface area (Å²) >= 11 is 0. The van der Waals surface area contributed by atoms with E-state index >= 15 is 0 Å². The second kappa shape index (κ2) is 10.7. The van der Waals surface area contributed by atoms with Gasteiger partial charge in [0.15, 0.2) is 0 Å². The fourth-order valence-electron chi connectivity index (χ4n) is 5.25. The number of amides is 3. The van der Waals surface area contributed by atoms with Crippen molar-refractivity contribution >= 4 is 17.7 Å². The van der Waals surface area contributed by atoms with Crippen molar-refractivity contribution in [3.8, 4) is 0 Å². The van der Waals surface area contributed by atoms with E-state index in [0.717, 1.165) is 0 Å². The number of nitrogens with two attached hydrogens (primary N) is 1. The molecule has 0 bridgehead atoms. The van der Waals surface area contributed by atoms with Gasteiger partial charge in [0, 0.05) is 37.5 Å². The monoisotopic (exact) mass is 573 g/mol. The van der Waals surface area contributed by atoms with Gasteiger partial charge in [0.1, 0.15) is 5.82 Å². The van der Waals surface area contributed by atoms with Crippen LogP contribution in [-0.2, 0) is 33.3 Å². The Balaban J connectivity index is 1.69. The smallest absolute Gasteiger partial charge is 0.361 e. The second-order valence-electron chi connectivity index (χ2n) is 10.2. The fraction of sp³-hybridized carbons (Fsp3) is 0.444. The summed E-state index contributed by atoms with van der Waals surface area (Å²) in [7, 11) is 0. The van der Waals surface area contributed by atoms with Crippen molar-refractivity contribution in [2.75, 3.05) is 13.1 Å². The van der Waals surface area contributed by atoms with Crippen LogP contribution in [0, 0.1) is 18.7 Å². The van der Waals surface area contributed by atoms with E-state index in [4.69, 9.17) is 5.73 Å². The standard InChI is InChI=1S/C27H26F7N3O3/c1-14-8-18(28)2-5-20(14)22-13-36(25(40)23(35)38)7-6-21(22)24(39)37(19-3-4-19)12-15-9-16(26(29,30)31)11-17(10-15)27(32,33)34/h2,5,8-11,19,21-22H,3-4,6-7,12-13H2,1H3,(H2,35,38)/t21-,22+/m1/s1. The predicted octanol–water partition coefficient (Wildman–Crippen LogP) is 4.78. The highest BCUT2D eigenvalue weighted by Crippen LogP contribution is 2.40. The molecule has 4 rings (SSSR count). The molecule has 2 fully saturated rings. The molecule has 2 aromatic rings. The number of primary amides is 1. The van der Waals surface area contributed by atoms with Crippen LogP contribution >= 0.6 is 0 Å². The van der Waals surface area contributed by atoms with Gasteiger partial charge in [-0.1, -0.05) is 6.07 Å². The summed E-state index contributed by atoms with van der Waals surface area (Å²) in [5, 5.41) is 0. The van der Waals surface area contributed by atoms with E-state index < -0.39 is 65.4 Å². The molecule has 1 aliphatic heterocycles. The first-order valence-electron chi connectivity index (χ1n) is 12.5. The van der Waals surface area contributed by atoms with E-state index in [-0.39, 0.29) is 37.2 Å². The van der Waals surface area contributed by atoms with Gasteiger partial charge >= 0.3 is 24.2 Å². The van der Waals surface area contributed by atoms with Crippen molar-refractivity contribution in [3.05, 3.63) is 70.0 Å².